The number of benzene rings is 2. The molecule has 19 heteroatoms. The van der Waals surface area contributed by atoms with Crippen LogP contribution in [0.1, 0.15) is 88.6 Å². The van der Waals surface area contributed by atoms with Crippen molar-refractivity contribution in [3.05, 3.63) is 53.1 Å². The molecule has 3 unspecified atom stereocenters. The molecule has 316 valence electrons. The van der Waals surface area contributed by atoms with E-state index in [-0.39, 0.29) is 55.7 Å². The summed E-state index contributed by atoms with van der Waals surface area (Å²) in [4.78, 5) is 64.2. The lowest BCUT2D eigenvalue weighted by Crippen LogP contribution is -2.61. The number of aromatic hydroxyl groups is 3. The first-order valence-electron chi connectivity index (χ1n) is 18.3. The van der Waals surface area contributed by atoms with Crippen molar-refractivity contribution in [2.75, 3.05) is 12.5 Å². The highest BCUT2D eigenvalue weighted by molar-refractivity contribution is 6.20. The molecule has 0 amide bonds. The third-order valence-electron chi connectivity index (χ3n) is 9.21. The molecule has 1 saturated heterocycles. The standard InChI is InChI=1S/C38H51ClFN3O14/c1-4-7-29(47)54-28-19-53-34(57-36(52)37(3,43-42)18-24(40)22-12-14-26(45)27(46)16-22)33(32(28)55-30(48)8-5-2)56-31(49)10-6-9-23-15-21(11-13-25(23)44)17-38(41,20-39)35(50)51/h11-16,24,28,32-34,43-46H,4-10,17-20,41-42H2,1-3H3,(H,50,51)/t24?,28-,32+,33-,34?,37+,38?/m1/s1. The molecule has 0 spiro atoms. The third kappa shape index (κ3) is 12.9. The second kappa shape index (κ2) is 21.1. The lowest BCUT2D eigenvalue weighted by molar-refractivity contribution is -0.277. The van der Waals surface area contributed by atoms with Gasteiger partial charge in [-0.2, -0.15) is 0 Å². The number of carboxylic acid groups (broad SMARTS) is 1. The average molecular weight is 828 g/mol. The van der Waals surface area contributed by atoms with E-state index in [1.54, 1.807) is 13.8 Å². The van der Waals surface area contributed by atoms with Gasteiger partial charge in [0.1, 0.15) is 23.0 Å². The Morgan fingerprint density at radius 1 is 0.912 bits per heavy atom. The summed E-state index contributed by atoms with van der Waals surface area (Å²) in [6.07, 6.45) is -8.45. The van der Waals surface area contributed by atoms with Gasteiger partial charge in [-0.05, 0) is 67.5 Å². The first kappa shape index (κ1) is 46.6. The molecule has 57 heavy (non-hydrogen) atoms. The summed E-state index contributed by atoms with van der Waals surface area (Å²) in [7, 11) is 0. The van der Waals surface area contributed by atoms with Crippen LogP contribution in [0.4, 0.5) is 4.39 Å². The predicted molar refractivity (Wildman–Crippen MR) is 199 cm³/mol. The normalized spacial score (nSPS) is 20.6. The number of ether oxygens (including phenoxy) is 5. The summed E-state index contributed by atoms with van der Waals surface area (Å²) in [6, 6.07) is 7.62. The number of alkyl halides is 2. The van der Waals surface area contributed by atoms with Crippen molar-refractivity contribution in [1.82, 2.24) is 5.43 Å². The molecule has 0 saturated carbocycles. The highest BCUT2D eigenvalue weighted by atomic mass is 35.5. The Balaban J connectivity index is 1.87. The zero-order chi connectivity index (χ0) is 42.5. The minimum Gasteiger partial charge on any atom is -0.508 e. The van der Waals surface area contributed by atoms with Gasteiger partial charge in [-0.25, -0.2) is 14.6 Å². The molecule has 0 bridgehead atoms. The van der Waals surface area contributed by atoms with Crippen molar-refractivity contribution in [2.45, 2.75) is 120 Å². The van der Waals surface area contributed by atoms with Gasteiger partial charge < -0.3 is 49.8 Å². The van der Waals surface area contributed by atoms with Crippen molar-refractivity contribution in [3.8, 4) is 17.2 Å². The number of esters is 4. The van der Waals surface area contributed by atoms with Crippen LogP contribution in [-0.4, -0.2) is 98.4 Å². The molecular formula is C38H51ClFN3O14. The zero-order valence-corrected chi connectivity index (χ0v) is 32.7. The molecule has 1 aliphatic heterocycles. The molecular weight excluding hydrogens is 777 g/mol. The van der Waals surface area contributed by atoms with Gasteiger partial charge in [-0.15, -0.1) is 11.6 Å². The Morgan fingerprint density at radius 3 is 2.12 bits per heavy atom. The molecule has 0 aliphatic carbocycles. The van der Waals surface area contributed by atoms with Crippen molar-refractivity contribution >= 4 is 41.4 Å². The molecule has 1 heterocycles. The summed E-state index contributed by atoms with van der Waals surface area (Å²) in [5.41, 5.74) is 5.16. The van der Waals surface area contributed by atoms with E-state index in [2.05, 4.69) is 5.43 Å². The second-order valence-electron chi connectivity index (χ2n) is 14.0. The second-order valence-corrected chi connectivity index (χ2v) is 14.3. The van der Waals surface area contributed by atoms with E-state index in [1.807, 2.05) is 0 Å². The fourth-order valence-electron chi connectivity index (χ4n) is 5.84. The third-order valence-corrected chi connectivity index (χ3v) is 9.68. The zero-order valence-electron chi connectivity index (χ0n) is 31.9. The molecule has 1 aliphatic rings. The number of aliphatic carboxylic acids is 1. The lowest BCUT2D eigenvalue weighted by atomic mass is 9.92. The van der Waals surface area contributed by atoms with Crippen LogP contribution in [0.2, 0.25) is 0 Å². The Hall–Kier alpha value is -4.75. The number of hydrogen-bond acceptors (Lipinski definition) is 16. The average Bonchev–Trinajstić information content (AvgIpc) is 3.16. The minimum absolute atomic E-state index is 0.00121. The molecule has 2 aromatic rings. The van der Waals surface area contributed by atoms with Crippen LogP contribution in [0, 0.1) is 0 Å². The Kier molecular flexibility index (Phi) is 17.3. The molecule has 2 aromatic carbocycles. The van der Waals surface area contributed by atoms with E-state index in [1.165, 1.54) is 31.2 Å². The van der Waals surface area contributed by atoms with Crippen LogP contribution >= 0.6 is 11.6 Å². The first-order chi connectivity index (χ1) is 26.9. The maximum Gasteiger partial charge on any atom is 0.329 e. The molecule has 0 aromatic heterocycles. The van der Waals surface area contributed by atoms with Crippen molar-refractivity contribution < 1.29 is 72.5 Å². The number of nitrogens with two attached hydrogens (primary N) is 2. The summed E-state index contributed by atoms with van der Waals surface area (Å²) in [5.74, 6) is -0.685. The highest BCUT2D eigenvalue weighted by Crippen LogP contribution is 2.35. The summed E-state index contributed by atoms with van der Waals surface area (Å²) in [6.45, 7) is 4.20. The summed E-state index contributed by atoms with van der Waals surface area (Å²) >= 11 is 5.81. The quantitative estimate of drug-likeness (QED) is 0.0238. The number of hydrazine groups is 1. The number of halogens is 2. The fraction of sp³-hybridized carbons (Fsp3) is 0.553. The fourth-order valence-corrected chi connectivity index (χ4v) is 6.04. The maximum atomic E-state index is 15.5. The largest absolute Gasteiger partial charge is 0.508 e. The van der Waals surface area contributed by atoms with Crippen LogP contribution in [0.15, 0.2) is 36.4 Å². The van der Waals surface area contributed by atoms with E-state index in [4.69, 9.17) is 46.9 Å². The number of carbonyl (C=O) groups excluding carboxylic acids is 4. The number of carbonyl (C=O) groups is 5. The molecule has 9 N–H and O–H groups in total. The maximum absolute atomic E-state index is 15.5. The van der Waals surface area contributed by atoms with Gasteiger partial charge in [0.05, 0.1) is 12.5 Å². The van der Waals surface area contributed by atoms with Crippen LogP contribution in [0.3, 0.4) is 0 Å². The van der Waals surface area contributed by atoms with E-state index < -0.39 is 96.2 Å². The van der Waals surface area contributed by atoms with Gasteiger partial charge in [0, 0.05) is 32.1 Å². The van der Waals surface area contributed by atoms with Crippen LogP contribution in [0.5, 0.6) is 17.2 Å². The highest BCUT2D eigenvalue weighted by Gasteiger charge is 2.51. The van der Waals surface area contributed by atoms with E-state index in [0.29, 0.717) is 24.0 Å². The van der Waals surface area contributed by atoms with E-state index in [0.717, 1.165) is 12.1 Å². The monoisotopic (exact) mass is 827 g/mol. The molecule has 7 atom stereocenters. The Morgan fingerprint density at radius 2 is 1.53 bits per heavy atom. The SMILES string of the molecule is CCCC(=O)O[C@H]1[C@H](OC(=O)CCC)COC(OC(=O)[C@](C)(CC(F)c2ccc(O)c(O)c2)NN)[C@@H]1OC(=O)CCCc1cc(CC(N)(CCl)C(=O)O)ccc1O. The van der Waals surface area contributed by atoms with Crippen LogP contribution in [-0.2, 0) is 60.5 Å². The van der Waals surface area contributed by atoms with Gasteiger partial charge in [0.15, 0.2) is 23.7 Å². The van der Waals surface area contributed by atoms with Gasteiger partial charge in [-0.1, -0.05) is 32.0 Å². The Bertz CT molecular complexity index is 1740. The number of phenolic OH excluding ortho intramolecular Hbond substituents is 3. The summed E-state index contributed by atoms with van der Waals surface area (Å²) in [5, 5.41) is 39.4. The number of hydrogen-bond donors (Lipinski definition) is 7. The number of nitrogens with one attached hydrogen (secondary N) is 1. The number of rotatable bonds is 21. The Labute approximate surface area is 333 Å². The number of aryl methyl sites for hydroxylation is 1. The van der Waals surface area contributed by atoms with E-state index in [9.17, 15) is 44.4 Å². The van der Waals surface area contributed by atoms with Crippen LogP contribution in [0.25, 0.3) is 0 Å². The van der Waals surface area contributed by atoms with Gasteiger partial charge in [-0.3, -0.25) is 25.0 Å². The lowest BCUT2D eigenvalue weighted by Gasteiger charge is -2.41. The molecule has 17 nitrogen and oxygen atoms in total. The molecule has 1 fully saturated rings. The molecule has 0 radical (unpaired) electrons. The van der Waals surface area contributed by atoms with Crippen molar-refractivity contribution in [2.24, 2.45) is 11.6 Å². The number of phenols is 3. The molecule has 3 rings (SSSR count). The minimum atomic E-state index is -1.97. The topological polar surface area (TPSA) is 276 Å². The first-order valence-corrected chi connectivity index (χ1v) is 18.9. The number of carboxylic acids is 1. The van der Waals surface area contributed by atoms with Gasteiger partial charge in [0.2, 0.25) is 12.4 Å². The van der Waals surface area contributed by atoms with Crippen molar-refractivity contribution in [3.63, 3.8) is 0 Å². The smallest absolute Gasteiger partial charge is 0.329 e. The van der Waals surface area contributed by atoms with Gasteiger partial charge >= 0.3 is 29.8 Å². The van der Waals surface area contributed by atoms with E-state index >= 15 is 4.39 Å². The van der Waals surface area contributed by atoms with Crippen molar-refractivity contribution in [1.29, 1.82) is 0 Å². The van der Waals surface area contributed by atoms with Gasteiger partial charge in [0.25, 0.3) is 0 Å². The summed E-state index contributed by atoms with van der Waals surface area (Å²) < 4.78 is 43.8. The van der Waals surface area contributed by atoms with Crippen LogP contribution < -0.4 is 17.0 Å². The predicted octanol–water partition coefficient (Wildman–Crippen LogP) is 3.25.